The average Bonchev–Trinajstić information content (AvgIpc) is 2.83. The fourth-order valence-corrected chi connectivity index (χ4v) is 5.28. The van der Waals surface area contributed by atoms with E-state index in [-0.39, 0.29) is 30.5 Å². The summed E-state index contributed by atoms with van der Waals surface area (Å²) in [6, 6.07) is 15.5. The number of ether oxygens (including phenoxy) is 2. The van der Waals surface area contributed by atoms with Crippen LogP contribution in [-0.4, -0.2) is 46.6 Å². The predicted molar refractivity (Wildman–Crippen MR) is 125 cm³/mol. The third-order valence-corrected chi connectivity index (χ3v) is 7.30. The molecule has 4 rings (SSSR count). The van der Waals surface area contributed by atoms with E-state index in [1.54, 1.807) is 38.3 Å². The Hall–Kier alpha value is -2.81. The van der Waals surface area contributed by atoms with Crippen molar-refractivity contribution >= 4 is 41.1 Å². The number of hydrogen-bond acceptors (Lipinski definition) is 6. The Kier molecular flexibility index (Phi) is 7.07. The van der Waals surface area contributed by atoms with Crippen LogP contribution in [0.3, 0.4) is 0 Å². The molecule has 172 valence electrons. The predicted octanol–water partition coefficient (Wildman–Crippen LogP) is 3.27. The maximum Gasteiger partial charge on any atom is 0.355 e. The smallest absolute Gasteiger partial charge is 0.355 e. The number of esters is 1. The molecule has 1 N–H and O–H groups in total. The summed E-state index contributed by atoms with van der Waals surface area (Å²) < 4.78 is 11.0. The Morgan fingerprint density at radius 3 is 2.45 bits per heavy atom. The molecule has 33 heavy (non-hydrogen) atoms. The highest BCUT2D eigenvalue weighted by atomic mass is 35.5. The molecule has 0 bridgehead atoms. The highest BCUT2D eigenvalue weighted by Gasteiger charge is 2.56. The zero-order chi connectivity index (χ0) is 23.5. The summed E-state index contributed by atoms with van der Waals surface area (Å²) in [5.74, 6) is -1.23. The van der Waals surface area contributed by atoms with Crippen molar-refractivity contribution in [2.45, 2.75) is 36.8 Å². The number of thioether (sulfide) groups is 1. The molecule has 2 aliphatic heterocycles. The van der Waals surface area contributed by atoms with Crippen LogP contribution in [0.25, 0.3) is 0 Å². The van der Waals surface area contributed by atoms with E-state index in [1.807, 2.05) is 30.3 Å². The Labute approximate surface area is 201 Å². The van der Waals surface area contributed by atoms with Crippen LogP contribution in [-0.2, 0) is 36.9 Å². The number of benzene rings is 2. The molecule has 3 atom stereocenters. The van der Waals surface area contributed by atoms with Gasteiger partial charge in [-0.3, -0.25) is 14.5 Å². The largest absolute Gasteiger partial charge is 0.456 e. The van der Waals surface area contributed by atoms with Gasteiger partial charge in [0.05, 0.1) is 6.42 Å². The number of rotatable bonds is 7. The Balaban J connectivity index is 1.45. The number of fused-ring (bicyclic) bond motifs is 1. The van der Waals surface area contributed by atoms with Gasteiger partial charge in [0.25, 0.3) is 5.91 Å². The summed E-state index contributed by atoms with van der Waals surface area (Å²) in [5, 5.41) is 2.92. The number of nitrogens with one attached hydrogen (secondary N) is 1. The maximum atomic E-state index is 13.0. The third-order valence-electron chi connectivity index (χ3n) is 5.49. The van der Waals surface area contributed by atoms with Crippen molar-refractivity contribution in [3.63, 3.8) is 0 Å². The molecule has 2 heterocycles. The molecule has 0 aliphatic carbocycles. The van der Waals surface area contributed by atoms with Gasteiger partial charge in [0.2, 0.25) is 5.91 Å². The van der Waals surface area contributed by atoms with Crippen molar-refractivity contribution < 1.29 is 23.9 Å². The standard InChI is InChI=1S/C24H23ClN2O5S/c1-14-20(23(30)32-13-16-6-4-3-5-7-16)27-21(29)19(22(27)33-24(14)31-2)26-18(28)12-15-8-10-17(25)11-9-15/h3-11,19,22,24H,12-13H2,1-2H3,(H,26,28)/t19-,22-,24-/m0/s1. The van der Waals surface area contributed by atoms with Crippen LogP contribution in [0.15, 0.2) is 65.9 Å². The van der Waals surface area contributed by atoms with Gasteiger partial charge in [-0.1, -0.05) is 65.8 Å². The van der Waals surface area contributed by atoms with Crippen molar-refractivity contribution in [1.29, 1.82) is 0 Å². The van der Waals surface area contributed by atoms with Crippen LogP contribution in [0.5, 0.6) is 0 Å². The summed E-state index contributed by atoms with van der Waals surface area (Å²) in [6.45, 7) is 1.84. The molecule has 0 saturated carbocycles. The minimum Gasteiger partial charge on any atom is -0.456 e. The van der Waals surface area contributed by atoms with E-state index >= 15 is 0 Å². The fourth-order valence-electron chi connectivity index (χ4n) is 3.80. The molecule has 0 unspecified atom stereocenters. The normalized spacial score (nSPS) is 21.8. The van der Waals surface area contributed by atoms with Gasteiger partial charge < -0.3 is 14.8 Å². The highest BCUT2D eigenvalue weighted by molar-refractivity contribution is 8.00. The molecular formula is C24H23ClN2O5S. The number of carbonyl (C=O) groups excluding carboxylic acids is 3. The Bertz CT molecular complexity index is 1090. The zero-order valence-corrected chi connectivity index (χ0v) is 19.7. The van der Waals surface area contributed by atoms with Crippen molar-refractivity contribution in [3.05, 3.63) is 82.0 Å². The van der Waals surface area contributed by atoms with E-state index in [0.29, 0.717) is 10.6 Å². The van der Waals surface area contributed by atoms with Crippen molar-refractivity contribution in [1.82, 2.24) is 10.2 Å². The van der Waals surface area contributed by atoms with E-state index in [0.717, 1.165) is 11.1 Å². The van der Waals surface area contributed by atoms with Gasteiger partial charge in [-0.2, -0.15) is 0 Å². The number of methoxy groups -OCH3 is 1. The van der Waals surface area contributed by atoms with Gasteiger partial charge >= 0.3 is 5.97 Å². The molecule has 0 spiro atoms. The summed E-state index contributed by atoms with van der Waals surface area (Å²) in [5.41, 5.74) is 1.98. The lowest BCUT2D eigenvalue weighted by Gasteiger charge is -2.51. The first-order valence-corrected chi connectivity index (χ1v) is 11.7. The molecular weight excluding hydrogens is 464 g/mol. The molecule has 2 amide bonds. The number of hydrogen-bond donors (Lipinski definition) is 1. The Morgan fingerprint density at radius 2 is 1.79 bits per heavy atom. The number of halogens is 1. The highest BCUT2D eigenvalue weighted by Crippen LogP contribution is 2.44. The molecule has 2 aromatic carbocycles. The number of nitrogens with zero attached hydrogens (tertiary/aromatic N) is 1. The maximum absolute atomic E-state index is 13.0. The second-order valence-corrected chi connectivity index (χ2v) is 9.36. The van der Waals surface area contributed by atoms with Gasteiger partial charge in [-0.05, 0) is 35.8 Å². The molecule has 0 radical (unpaired) electrons. The summed E-state index contributed by atoms with van der Waals surface area (Å²) >= 11 is 7.26. The van der Waals surface area contributed by atoms with Crippen molar-refractivity contribution in [3.8, 4) is 0 Å². The summed E-state index contributed by atoms with van der Waals surface area (Å²) in [7, 11) is 1.54. The fraction of sp³-hybridized carbons (Fsp3) is 0.292. The lowest BCUT2D eigenvalue weighted by molar-refractivity contribution is -0.153. The van der Waals surface area contributed by atoms with Crippen LogP contribution >= 0.6 is 23.4 Å². The molecule has 9 heteroatoms. The molecule has 1 saturated heterocycles. The molecule has 1 fully saturated rings. The van der Waals surface area contributed by atoms with Crippen molar-refractivity contribution in [2.24, 2.45) is 0 Å². The van der Waals surface area contributed by atoms with Gasteiger partial charge in [-0.15, -0.1) is 0 Å². The van der Waals surface area contributed by atoms with Gasteiger partial charge in [0.1, 0.15) is 29.2 Å². The van der Waals surface area contributed by atoms with Crippen molar-refractivity contribution in [2.75, 3.05) is 7.11 Å². The molecule has 0 aromatic heterocycles. The lowest BCUT2D eigenvalue weighted by Crippen LogP contribution is -2.71. The monoisotopic (exact) mass is 486 g/mol. The topological polar surface area (TPSA) is 84.9 Å². The van der Waals surface area contributed by atoms with Crippen LogP contribution in [0.1, 0.15) is 18.1 Å². The first-order chi connectivity index (χ1) is 15.9. The number of amides is 2. The first kappa shape index (κ1) is 23.4. The van der Waals surface area contributed by atoms with E-state index in [1.165, 1.54) is 16.7 Å². The quantitative estimate of drug-likeness (QED) is 0.477. The van der Waals surface area contributed by atoms with Crippen LogP contribution in [0.2, 0.25) is 5.02 Å². The average molecular weight is 487 g/mol. The number of β-lactam (4-membered cyclic amide) rings is 1. The first-order valence-electron chi connectivity index (χ1n) is 10.4. The second-order valence-electron chi connectivity index (χ2n) is 7.74. The lowest BCUT2D eigenvalue weighted by atomic mass is 10.0. The van der Waals surface area contributed by atoms with E-state index < -0.39 is 22.8 Å². The minimum absolute atomic E-state index is 0.0925. The minimum atomic E-state index is -0.752. The van der Waals surface area contributed by atoms with E-state index in [9.17, 15) is 14.4 Å². The number of carbonyl (C=O) groups is 3. The van der Waals surface area contributed by atoms with Gasteiger partial charge in [0, 0.05) is 12.1 Å². The third kappa shape index (κ3) is 4.93. The summed E-state index contributed by atoms with van der Waals surface area (Å²) in [6.07, 6.45) is 0.118. The molecule has 2 aromatic rings. The molecule has 7 nitrogen and oxygen atoms in total. The van der Waals surface area contributed by atoms with E-state index in [2.05, 4.69) is 5.32 Å². The summed E-state index contributed by atoms with van der Waals surface area (Å²) in [4.78, 5) is 39.8. The van der Waals surface area contributed by atoms with Crippen LogP contribution in [0.4, 0.5) is 0 Å². The Morgan fingerprint density at radius 1 is 1.09 bits per heavy atom. The second kappa shape index (κ2) is 9.99. The SMILES string of the molecule is CO[C@H]1S[C@H]2[C@@H](NC(=O)Cc3ccc(Cl)cc3)C(=O)N2C(C(=O)OCc2ccccc2)=C1C. The van der Waals surface area contributed by atoms with Gasteiger partial charge in [0.15, 0.2) is 0 Å². The van der Waals surface area contributed by atoms with E-state index in [4.69, 9.17) is 21.1 Å². The van der Waals surface area contributed by atoms with Crippen LogP contribution < -0.4 is 5.32 Å². The molecule has 2 aliphatic rings. The zero-order valence-electron chi connectivity index (χ0n) is 18.1. The van der Waals surface area contributed by atoms with Gasteiger partial charge in [-0.25, -0.2) is 4.79 Å². The van der Waals surface area contributed by atoms with Crippen LogP contribution in [0, 0.1) is 0 Å².